The normalized spacial score (nSPS) is 17.0. The van der Waals surface area contributed by atoms with Gasteiger partial charge in [0.2, 0.25) is 0 Å². The molecule has 0 spiro atoms. The van der Waals surface area contributed by atoms with Crippen molar-refractivity contribution in [3.05, 3.63) is 46.7 Å². The first-order valence-corrected chi connectivity index (χ1v) is 10.3. The van der Waals surface area contributed by atoms with Crippen LogP contribution in [0, 0.1) is 0 Å². The average molecular weight is 372 g/mol. The Balaban J connectivity index is 1.60. The fourth-order valence-electron chi connectivity index (χ4n) is 3.91. The van der Waals surface area contributed by atoms with Gasteiger partial charge in [-0.1, -0.05) is 24.6 Å². The SMILES string of the molecule is Nc1n(CCN2CCCCC2)c2ccccc2[n+]1C[C@H](O)c1cccs1. The van der Waals surface area contributed by atoms with Crippen LogP contribution < -0.4 is 10.3 Å². The maximum atomic E-state index is 10.6. The van der Waals surface area contributed by atoms with Crippen LogP contribution in [0.4, 0.5) is 5.95 Å². The summed E-state index contributed by atoms with van der Waals surface area (Å²) in [6.07, 6.45) is 3.42. The molecular weight excluding hydrogens is 344 g/mol. The quantitative estimate of drug-likeness (QED) is 0.655. The third-order valence-electron chi connectivity index (χ3n) is 5.33. The molecule has 0 aliphatic carbocycles. The Morgan fingerprint density at radius 2 is 1.88 bits per heavy atom. The summed E-state index contributed by atoms with van der Waals surface area (Å²) in [6.45, 7) is 4.76. The van der Waals surface area contributed by atoms with Gasteiger partial charge in [-0.3, -0.25) is 5.73 Å². The highest BCUT2D eigenvalue weighted by Gasteiger charge is 2.24. The average Bonchev–Trinajstić information content (AvgIpc) is 3.29. The number of likely N-dealkylation sites (tertiary alicyclic amines) is 1. The van der Waals surface area contributed by atoms with Crippen LogP contribution in [-0.4, -0.2) is 34.2 Å². The zero-order valence-electron chi connectivity index (χ0n) is 15.1. The number of piperidine rings is 1. The number of aliphatic hydroxyl groups is 1. The van der Waals surface area contributed by atoms with E-state index in [1.54, 1.807) is 11.3 Å². The molecule has 0 bridgehead atoms. The van der Waals surface area contributed by atoms with E-state index in [1.165, 1.54) is 32.4 Å². The number of hydrogen-bond acceptors (Lipinski definition) is 4. The second kappa shape index (κ2) is 7.78. The molecule has 0 amide bonds. The van der Waals surface area contributed by atoms with Crippen LogP contribution in [0.25, 0.3) is 11.0 Å². The van der Waals surface area contributed by atoms with Crippen molar-refractivity contribution in [3.8, 4) is 0 Å². The predicted octanol–water partition coefficient (Wildman–Crippen LogP) is 2.79. The molecule has 1 aromatic carbocycles. The van der Waals surface area contributed by atoms with Gasteiger partial charge in [0.25, 0.3) is 0 Å². The number of nitrogen functional groups attached to an aromatic ring is 1. The van der Waals surface area contributed by atoms with Crippen molar-refractivity contribution in [1.29, 1.82) is 0 Å². The summed E-state index contributed by atoms with van der Waals surface area (Å²) in [6, 6.07) is 12.2. The molecule has 2 aromatic heterocycles. The molecular formula is C20H27N4OS+. The summed E-state index contributed by atoms with van der Waals surface area (Å²) < 4.78 is 4.25. The van der Waals surface area contributed by atoms with E-state index in [-0.39, 0.29) is 0 Å². The Hall–Kier alpha value is -1.89. The smallest absolute Gasteiger partial charge is 0.356 e. The van der Waals surface area contributed by atoms with E-state index in [4.69, 9.17) is 5.73 Å². The van der Waals surface area contributed by atoms with Gasteiger partial charge in [0.05, 0.1) is 6.54 Å². The van der Waals surface area contributed by atoms with E-state index in [1.807, 2.05) is 23.6 Å². The van der Waals surface area contributed by atoms with Gasteiger partial charge in [0, 0.05) is 11.4 Å². The van der Waals surface area contributed by atoms with Crippen molar-refractivity contribution in [2.75, 3.05) is 25.4 Å². The molecule has 4 rings (SSSR count). The molecule has 1 atom stereocenters. The lowest BCUT2D eigenvalue weighted by Crippen LogP contribution is -2.40. The fraction of sp³-hybridized carbons (Fsp3) is 0.450. The number of imidazole rings is 1. The van der Waals surface area contributed by atoms with Crippen molar-refractivity contribution >= 4 is 28.3 Å². The third-order valence-corrected chi connectivity index (χ3v) is 6.31. The minimum atomic E-state index is -0.538. The van der Waals surface area contributed by atoms with Crippen LogP contribution in [0.1, 0.15) is 30.2 Å². The minimum Gasteiger partial charge on any atom is -0.384 e. The van der Waals surface area contributed by atoms with E-state index < -0.39 is 6.10 Å². The van der Waals surface area contributed by atoms with Gasteiger partial charge in [-0.15, -0.1) is 11.3 Å². The molecule has 26 heavy (non-hydrogen) atoms. The summed E-state index contributed by atoms with van der Waals surface area (Å²) in [5, 5.41) is 12.6. The van der Waals surface area contributed by atoms with Crippen LogP contribution >= 0.6 is 11.3 Å². The monoisotopic (exact) mass is 371 g/mol. The number of aliphatic hydroxyl groups excluding tert-OH is 1. The van der Waals surface area contributed by atoms with Gasteiger partial charge in [0.1, 0.15) is 23.7 Å². The molecule has 1 fully saturated rings. The van der Waals surface area contributed by atoms with Gasteiger partial charge >= 0.3 is 5.95 Å². The molecule has 0 saturated carbocycles. The lowest BCUT2D eigenvalue weighted by molar-refractivity contribution is -0.666. The van der Waals surface area contributed by atoms with Crippen molar-refractivity contribution in [2.24, 2.45) is 0 Å². The Kier molecular flexibility index (Phi) is 5.24. The first-order chi connectivity index (χ1) is 12.7. The van der Waals surface area contributed by atoms with Crippen LogP contribution in [0.3, 0.4) is 0 Å². The molecule has 1 aliphatic rings. The van der Waals surface area contributed by atoms with Crippen molar-refractivity contribution < 1.29 is 9.67 Å². The zero-order chi connectivity index (χ0) is 17.9. The third kappa shape index (κ3) is 3.49. The minimum absolute atomic E-state index is 0.476. The van der Waals surface area contributed by atoms with Crippen LogP contribution in [0.2, 0.25) is 0 Å². The Bertz CT molecular complexity index is 852. The van der Waals surface area contributed by atoms with E-state index >= 15 is 0 Å². The van der Waals surface area contributed by atoms with E-state index in [0.717, 1.165) is 34.9 Å². The second-order valence-electron chi connectivity index (χ2n) is 7.04. The van der Waals surface area contributed by atoms with Gasteiger partial charge in [-0.05, 0) is 49.5 Å². The van der Waals surface area contributed by atoms with Crippen molar-refractivity contribution in [3.63, 3.8) is 0 Å². The highest BCUT2D eigenvalue weighted by Crippen LogP contribution is 2.22. The molecule has 5 nitrogen and oxygen atoms in total. The molecule has 1 saturated heterocycles. The van der Waals surface area contributed by atoms with E-state index in [9.17, 15) is 5.11 Å². The van der Waals surface area contributed by atoms with Crippen LogP contribution in [0.15, 0.2) is 41.8 Å². The first-order valence-electron chi connectivity index (χ1n) is 9.44. The molecule has 138 valence electrons. The highest BCUT2D eigenvalue weighted by atomic mass is 32.1. The first kappa shape index (κ1) is 17.5. The number of thiophene rings is 1. The summed E-state index contributed by atoms with van der Waals surface area (Å²) in [5.74, 6) is 0.721. The Morgan fingerprint density at radius 1 is 1.08 bits per heavy atom. The van der Waals surface area contributed by atoms with Crippen LogP contribution in [0.5, 0.6) is 0 Å². The lowest BCUT2D eigenvalue weighted by atomic mass is 10.1. The summed E-state index contributed by atoms with van der Waals surface area (Å²) in [7, 11) is 0. The van der Waals surface area contributed by atoms with Gasteiger partial charge in [0.15, 0.2) is 0 Å². The number of hydrogen-bond donors (Lipinski definition) is 2. The number of nitrogens with two attached hydrogens (primary N) is 1. The Morgan fingerprint density at radius 3 is 2.65 bits per heavy atom. The van der Waals surface area contributed by atoms with Gasteiger partial charge < -0.3 is 10.0 Å². The van der Waals surface area contributed by atoms with Crippen molar-refractivity contribution in [1.82, 2.24) is 9.47 Å². The molecule has 0 unspecified atom stereocenters. The Labute approximate surface area is 158 Å². The maximum Gasteiger partial charge on any atom is 0.356 e. The lowest BCUT2D eigenvalue weighted by Gasteiger charge is -2.25. The molecule has 6 heteroatoms. The number of benzene rings is 1. The highest BCUT2D eigenvalue weighted by molar-refractivity contribution is 7.10. The fourth-order valence-corrected chi connectivity index (χ4v) is 4.61. The molecule has 3 aromatic rings. The summed E-state index contributed by atoms with van der Waals surface area (Å²) in [5.41, 5.74) is 8.75. The molecule has 1 aliphatic heterocycles. The number of aromatic nitrogens is 2. The number of para-hydroxylation sites is 2. The summed E-state index contributed by atoms with van der Waals surface area (Å²) >= 11 is 1.58. The van der Waals surface area contributed by atoms with Gasteiger partial charge in [-0.25, -0.2) is 9.13 Å². The number of rotatable bonds is 6. The maximum absolute atomic E-state index is 10.6. The zero-order valence-corrected chi connectivity index (χ0v) is 15.9. The standard InChI is InChI=1S/C20H26N4OS/c21-20-23(13-12-22-10-4-1-5-11-22)16-7-2-3-8-17(16)24(20)15-18(25)19-9-6-14-26-19/h2-3,6-9,14,18,21,25H,1,4-5,10-13,15H2/p+1/t18-/m0/s1. The number of nitrogens with zero attached hydrogens (tertiary/aromatic N) is 3. The summed E-state index contributed by atoms with van der Waals surface area (Å²) in [4.78, 5) is 3.50. The van der Waals surface area contributed by atoms with Crippen molar-refractivity contribution in [2.45, 2.75) is 38.5 Å². The number of anilines is 1. The van der Waals surface area contributed by atoms with Gasteiger partial charge in [-0.2, -0.15) is 0 Å². The largest absolute Gasteiger partial charge is 0.384 e. The van der Waals surface area contributed by atoms with Crippen LogP contribution in [-0.2, 0) is 13.1 Å². The topological polar surface area (TPSA) is 58.3 Å². The van der Waals surface area contributed by atoms with E-state index in [2.05, 4.69) is 32.2 Å². The number of fused-ring (bicyclic) bond motifs is 1. The second-order valence-corrected chi connectivity index (χ2v) is 8.02. The molecule has 3 heterocycles. The predicted molar refractivity (Wildman–Crippen MR) is 106 cm³/mol. The molecule has 0 radical (unpaired) electrons. The van der Waals surface area contributed by atoms with E-state index in [0.29, 0.717) is 6.54 Å². The molecule has 3 N–H and O–H groups in total.